The van der Waals surface area contributed by atoms with Crippen LogP contribution < -0.4 is 0 Å². The molecule has 2 heterocycles. The highest BCUT2D eigenvalue weighted by atomic mass is 16.7. The average molecular weight is 851 g/mol. The Labute approximate surface area is 355 Å². The van der Waals surface area contributed by atoms with Gasteiger partial charge in [0.1, 0.15) is 54.9 Å². The van der Waals surface area contributed by atoms with Gasteiger partial charge >= 0.3 is 5.97 Å². The normalized spacial score (nSPS) is 27.9. The average Bonchev–Trinajstić information content (AvgIpc) is 3.22. The van der Waals surface area contributed by atoms with Crippen LogP contribution in [0.5, 0.6) is 0 Å². The van der Waals surface area contributed by atoms with E-state index in [1.165, 1.54) is 155 Å². The van der Waals surface area contributed by atoms with Crippen molar-refractivity contribution in [2.45, 2.75) is 248 Å². The number of aliphatic hydroxyl groups is 7. The molecule has 14 heteroatoms. The van der Waals surface area contributed by atoms with Crippen LogP contribution in [0.1, 0.15) is 181 Å². The maximum atomic E-state index is 11.7. The fraction of sp³-hybridized carbons (Fsp3) is 0.978. The quantitative estimate of drug-likeness (QED) is 0.0294. The number of carbonyl (C=O) groups is 1. The van der Waals surface area contributed by atoms with Crippen molar-refractivity contribution in [1.82, 2.24) is 0 Å². The number of aliphatic hydroxyl groups excluding tert-OH is 7. The van der Waals surface area contributed by atoms with Crippen LogP contribution in [0.2, 0.25) is 0 Å². The van der Waals surface area contributed by atoms with Crippen LogP contribution in [-0.4, -0.2) is 142 Å². The summed E-state index contributed by atoms with van der Waals surface area (Å²) in [5, 5.41) is 71.0. The number of esters is 1. The van der Waals surface area contributed by atoms with Crippen molar-refractivity contribution in [3.05, 3.63) is 0 Å². The van der Waals surface area contributed by atoms with E-state index in [4.69, 9.17) is 28.4 Å². The maximum Gasteiger partial charge on any atom is 0.303 e. The molecule has 2 fully saturated rings. The first-order valence-corrected chi connectivity index (χ1v) is 23.6. The molecule has 2 rings (SSSR count). The molecule has 11 unspecified atom stereocenters. The summed E-state index contributed by atoms with van der Waals surface area (Å²) in [6.45, 7) is 2.71. The Kier molecular flexibility index (Phi) is 31.6. The summed E-state index contributed by atoms with van der Waals surface area (Å²) < 4.78 is 33.1. The van der Waals surface area contributed by atoms with Crippen molar-refractivity contribution in [1.29, 1.82) is 0 Å². The predicted octanol–water partition coefficient (Wildman–Crippen LogP) is 5.74. The molecule has 0 aliphatic carbocycles. The molecule has 2 aliphatic rings. The number of carbonyl (C=O) groups excluding carboxylic acids is 1. The zero-order valence-electron chi connectivity index (χ0n) is 36.8. The van der Waals surface area contributed by atoms with Crippen LogP contribution in [-0.2, 0) is 33.2 Å². The second-order valence-electron chi connectivity index (χ2n) is 17.0. The molecular formula is C45H86O14. The molecule has 0 aromatic rings. The summed E-state index contributed by atoms with van der Waals surface area (Å²) in [5.41, 5.74) is 0. The predicted molar refractivity (Wildman–Crippen MR) is 224 cm³/mol. The standard InChI is InChI=1S/C45H86O14/c1-3-4-5-6-7-8-9-10-11-12-13-14-15-16-17-18-19-20-21-22-23-24-25-26-27-28-29-54-31-35(57-34(2)47)32-55-44-43(53)41(51)39(49)37(59-44)33-56-45-42(52)40(50)38(48)36(30-46)58-45/h35-46,48-53H,3-33H2,1-2H3. The monoisotopic (exact) mass is 851 g/mol. The van der Waals surface area contributed by atoms with E-state index in [-0.39, 0.29) is 13.2 Å². The second-order valence-corrected chi connectivity index (χ2v) is 17.0. The van der Waals surface area contributed by atoms with E-state index in [0.717, 1.165) is 19.3 Å². The van der Waals surface area contributed by atoms with Crippen molar-refractivity contribution in [2.24, 2.45) is 0 Å². The maximum absolute atomic E-state index is 11.7. The molecular weight excluding hydrogens is 764 g/mol. The Hall–Kier alpha value is -1.01. The van der Waals surface area contributed by atoms with Gasteiger partial charge in [-0.15, -0.1) is 0 Å². The lowest BCUT2D eigenvalue weighted by Crippen LogP contribution is -2.61. The number of hydrogen-bond donors (Lipinski definition) is 7. The van der Waals surface area contributed by atoms with Crippen LogP contribution in [0.3, 0.4) is 0 Å². The summed E-state index contributed by atoms with van der Waals surface area (Å²) in [6, 6.07) is 0. The highest BCUT2D eigenvalue weighted by Gasteiger charge is 2.47. The summed E-state index contributed by atoms with van der Waals surface area (Å²) in [6.07, 6.45) is 18.8. The highest BCUT2D eigenvalue weighted by molar-refractivity contribution is 5.66. The van der Waals surface area contributed by atoms with Gasteiger partial charge < -0.3 is 64.2 Å². The van der Waals surface area contributed by atoms with Crippen LogP contribution in [0.4, 0.5) is 0 Å². The van der Waals surface area contributed by atoms with Gasteiger partial charge in [-0.25, -0.2) is 0 Å². The van der Waals surface area contributed by atoms with E-state index in [1.54, 1.807) is 0 Å². The number of hydrogen-bond acceptors (Lipinski definition) is 14. The topological polar surface area (TPSA) is 214 Å². The van der Waals surface area contributed by atoms with Crippen LogP contribution in [0, 0.1) is 0 Å². The molecule has 7 N–H and O–H groups in total. The van der Waals surface area contributed by atoms with Crippen molar-refractivity contribution >= 4 is 5.97 Å². The molecule has 11 atom stereocenters. The van der Waals surface area contributed by atoms with Gasteiger partial charge in [0.15, 0.2) is 12.6 Å². The fourth-order valence-corrected chi connectivity index (χ4v) is 7.87. The minimum atomic E-state index is -1.70. The van der Waals surface area contributed by atoms with E-state index >= 15 is 0 Å². The third kappa shape index (κ3) is 23.9. The van der Waals surface area contributed by atoms with Crippen molar-refractivity contribution < 1.29 is 69.0 Å². The van der Waals surface area contributed by atoms with Gasteiger partial charge in [-0.05, 0) is 6.42 Å². The highest BCUT2D eigenvalue weighted by Crippen LogP contribution is 2.26. The van der Waals surface area contributed by atoms with Crippen LogP contribution >= 0.6 is 0 Å². The third-order valence-electron chi connectivity index (χ3n) is 11.7. The Morgan fingerprint density at radius 3 is 1.27 bits per heavy atom. The molecule has 2 saturated heterocycles. The van der Waals surface area contributed by atoms with Crippen LogP contribution in [0.15, 0.2) is 0 Å². The fourth-order valence-electron chi connectivity index (χ4n) is 7.87. The van der Waals surface area contributed by atoms with E-state index < -0.39 is 86.7 Å². The first kappa shape index (κ1) is 54.1. The molecule has 0 bridgehead atoms. The lowest BCUT2D eigenvalue weighted by atomic mass is 9.98. The summed E-state index contributed by atoms with van der Waals surface area (Å²) in [7, 11) is 0. The number of unbranched alkanes of at least 4 members (excludes halogenated alkanes) is 25. The van der Waals surface area contributed by atoms with Crippen LogP contribution in [0.25, 0.3) is 0 Å². The van der Waals surface area contributed by atoms with Crippen molar-refractivity contribution in [2.75, 3.05) is 33.0 Å². The second kappa shape index (κ2) is 34.5. The summed E-state index contributed by atoms with van der Waals surface area (Å²) >= 11 is 0. The number of ether oxygens (including phenoxy) is 6. The Morgan fingerprint density at radius 1 is 0.492 bits per heavy atom. The third-order valence-corrected chi connectivity index (χ3v) is 11.7. The van der Waals surface area contributed by atoms with Gasteiger partial charge in [0.05, 0.1) is 26.4 Å². The van der Waals surface area contributed by atoms with Crippen molar-refractivity contribution in [3.8, 4) is 0 Å². The molecule has 0 saturated carbocycles. The zero-order valence-corrected chi connectivity index (χ0v) is 36.8. The molecule has 0 aromatic heterocycles. The molecule has 59 heavy (non-hydrogen) atoms. The van der Waals surface area contributed by atoms with E-state index in [9.17, 15) is 40.5 Å². The van der Waals surface area contributed by atoms with Gasteiger partial charge in [0, 0.05) is 13.5 Å². The van der Waals surface area contributed by atoms with Gasteiger partial charge in [0.25, 0.3) is 0 Å². The summed E-state index contributed by atoms with van der Waals surface area (Å²) in [5.74, 6) is -0.547. The largest absolute Gasteiger partial charge is 0.458 e. The Balaban J connectivity index is 1.45. The Bertz CT molecular complexity index is 990. The minimum Gasteiger partial charge on any atom is -0.458 e. The zero-order chi connectivity index (χ0) is 43.1. The van der Waals surface area contributed by atoms with Gasteiger partial charge in [-0.3, -0.25) is 4.79 Å². The lowest BCUT2D eigenvalue weighted by molar-refractivity contribution is -0.332. The van der Waals surface area contributed by atoms with Gasteiger partial charge in [0.2, 0.25) is 0 Å². The molecule has 14 nitrogen and oxygen atoms in total. The molecule has 0 aromatic carbocycles. The number of rotatable bonds is 37. The molecule has 2 aliphatic heterocycles. The first-order chi connectivity index (χ1) is 28.6. The SMILES string of the molecule is CCCCCCCCCCCCCCCCCCCCCCCCCCCCOCC(COC1OC(COC2OC(CO)C(O)C(O)C2O)C(O)C(O)C1O)OC(C)=O. The Morgan fingerprint density at radius 2 is 0.864 bits per heavy atom. The van der Waals surface area contributed by atoms with Gasteiger partial charge in [-0.1, -0.05) is 167 Å². The molecule has 350 valence electrons. The minimum absolute atomic E-state index is 0.0522. The van der Waals surface area contributed by atoms with Gasteiger partial charge in [-0.2, -0.15) is 0 Å². The van der Waals surface area contributed by atoms with Crippen molar-refractivity contribution in [3.63, 3.8) is 0 Å². The smallest absolute Gasteiger partial charge is 0.303 e. The molecule has 0 spiro atoms. The van der Waals surface area contributed by atoms with E-state index in [0.29, 0.717) is 6.61 Å². The molecule has 0 amide bonds. The lowest BCUT2D eigenvalue weighted by Gasteiger charge is -2.42. The van der Waals surface area contributed by atoms with E-state index in [2.05, 4.69) is 6.92 Å². The molecule has 0 radical (unpaired) electrons. The summed E-state index contributed by atoms with van der Waals surface area (Å²) in [4.78, 5) is 11.7. The van der Waals surface area contributed by atoms with E-state index in [1.807, 2.05) is 0 Å². The first-order valence-electron chi connectivity index (χ1n) is 23.6.